The Labute approximate surface area is 148 Å². The number of aliphatic carboxylic acids is 1. The summed E-state index contributed by atoms with van der Waals surface area (Å²) in [6, 6.07) is 5.11. The lowest BCUT2D eigenvalue weighted by Crippen LogP contribution is -2.44. The van der Waals surface area contributed by atoms with E-state index in [4.69, 9.17) is 5.11 Å². The fourth-order valence-electron chi connectivity index (χ4n) is 2.64. The molecule has 2 rings (SSSR count). The number of alkyl halides is 3. The van der Waals surface area contributed by atoms with Gasteiger partial charge in [-0.15, -0.1) is 13.2 Å². The molecule has 2 N–H and O–H groups in total. The molecule has 144 valence electrons. The fraction of sp³-hybridized carbons (Fsp3) is 0.500. The van der Waals surface area contributed by atoms with Crippen LogP contribution in [0.3, 0.4) is 0 Å². The van der Waals surface area contributed by atoms with E-state index in [1.807, 2.05) is 4.90 Å². The second-order valence-corrected chi connectivity index (χ2v) is 5.99. The summed E-state index contributed by atoms with van der Waals surface area (Å²) in [4.78, 5) is 25.7. The van der Waals surface area contributed by atoms with Crippen LogP contribution >= 0.6 is 0 Å². The molecule has 2 amide bonds. The first-order chi connectivity index (χ1) is 12.1. The summed E-state index contributed by atoms with van der Waals surface area (Å²) in [7, 11) is 1.50. The number of urea groups is 1. The van der Waals surface area contributed by atoms with Crippen molar-refractivity contribution in [2.45, 2.75) is 25.2 Å². The predicted octanol–water partition coefficient (Wildman–Crippen LogP) is 2.28. The first kappa shape index (κ1) is 19.7. The minimum atomic E-state index is -4.75. The summed E-state index contributed by atoms with van der Waals surface area (Å²) >= 11 is 0. The summed E-state index contributed by atoms with van der Waals surface area (Å²) in [6.07, 6.45) is -4.27. The Hall–Kier alpha value is -2.65. The smallest absolute Gasteiger partial charge is 0.481 e. The van der Waals surface area contributed by atoms with Gasteiger partial charge in [-0.05, 0) is 18.6 Å². The van der Waals surface area contributed by atoms with Crippen molar-refractivity contribution in [3.05, 3.63) is 24.3 Å². The molecular formula is C16H20F3N3O4. The van der Waals surface area contributed by atoms with E-state index in [1.54, 1.807) is 6.07 Å². The summed E-state index contributed by atoms with van der Waals surface area (Å²) in [6.45, 7) is 1.10. The number of ether oxygens (including phenoxy) is 1. The molecule has 0 spiro atoms. The molecule has 1 atom stereocenters. The Morgan fingerprint density at radius 3 is 2.81 bits per heavy atom. The van der Waals surface area contributed by atoms with E-state index in [0.717, 1.165) is 0 Å². The number of hydrogen-bond acceptors (Lipinski definition) is 4. The van der Waals surface area contributed by atoms with Gasteiger partial charge in [0.15, 0.2) is 0 Å². The van der Waals surface area contributed by atoms with Crippen molar-refractivity contribution in [1.82, 2.24) is 10.2 Å². The van der Waals surface area contributed by atoms with Crippen molar-refractivity contribution in [2.75, 3.05) is 31.6 Å². The van der Waals surface area contributed by atoms with Gasteiger partial charge in [0, 0.05) is 44.5 Å². The van der Waals surface area contributed by atoms with Crippen molar-refractivity contribution in [3.63, 3.8) is 0 Å². The quantitative estimate of drug-likeness (QED) is 0.797. The number of carbonyl (C=O) groups excluding carboxylic acids is 1. The number of nitrogens with zero attached hydrogens (tertiary/aromatic N) is 2. The van der Waals surface area contributed by atoms with Crippen LogP contribution in [0.15, 0.2) is 24.3 Å². The maximum absolute atomic E-state index is 12.3. The van der Waals surface area contributed by atoms with Gasteiger partial charge < -0.3 is 25.0 Å². The molecule has 1 aromatic rings. The molecule has 10 heteroatoms. The van der Waals surface area contributed by atoms with Crippen LogP contribution in [0.25, 0.3) is 0 Å². The maximum atomic E-state index is 12.3. The van der Waals surface area contributed by atoms with Gasteiger partial charge in [0.05, 0.1) is 6.42 Å². The number of rotatable bonds is 6. The minimum Gasteiger partial charge on any atom is -0.481 e. The summed E-state index contributed by atoms with van der Waals surface area (Å²) in [5.41, 5.74) is 0.572. The SMILES string of the molecule is CN(CCC(=O)O)C(=O)NC1CCN(c2cccc(OC(F)(F)F)c2)C1. The van der Waals surface area contributed by atoms with Gasteiger partial charge in [-0.25, -0.2) is 4.79 Å². The Kier molecular flexibility index (Phi) is 6.17. The average molecular weight is 375 g/mol. The first-order valence-corrected chi connectivity index (χ1v) is 7.98. The lowest BCUT2D eigenvalue weighted by molar-refractivity contribution is -0.274. The molecule has 1 fully saturated rings. The normalized spacial score (nSPS) is 17.1. The zero-order chi connectivity index (χ0) is 19.3. The van der Waals surface area contributed by atoms with Crippen molar-refractivity contribution < 1.29 is 32.6 Å². The fourth-order valence-corrected chi connectivity index (χ4v) is 2.64. The van der Waals surface area contributed by atoms with Gasteiger partial charge in [0.2, 0.25) is 0 Å². The zero-order valence-corrected chi connectivity index (χ0v) is 14.1. The van der Waals surface area contributed by atoms with Gasteiger partial charge in [0.1, 0.15) is 5.75 Å². The second-order valence-electron chi connectivity index (χ2n) is 5.99. The maximum Gasteiger partial charge on any atom is 0.573 e. The van der Waals surface area contributed by atoms with Crippen LogP contribution in [-0.4, -0.2) is 61.1 Å². The van der Waals surface area contributed by atoms with Crippen LogP contribution < -0.4 is 15.0 Å². The van der Waals surface area contributed by atoms with Gasteiger partial charge in [-0.1, -0.05) is 6.07 Å². The van der Waals surface area contributed by atoms with E-state index in [0.29, 0.717) is 25.2 Å². The zero-order valence-electron chi connectivity index (χ0n) is 14.1. The number of amides is 2. The first-order valence-electron chi connectivity index (χ1n) is 7.98. The van der Waals surface area contributed by atoms with Crippen molar-refractivity contribution in [2.24, 2.45) is 0 Å². The van der Waals surface area contributed by atoms with Crippen LogP contribution in [0.4, 0.5) is 23.7 Å². The molecule has 0 bridgehead atoms. The number of carboxylic acid groups (broad SMARTS) is 1. The molecular weight excluding hydrogens is 355 g/mol. The van der Waals surface area contributed by atoms with E-state index in [-0.39, 0.29) is 30.8 Å². The molecule has 1 saturated heterocycles. The number of benzene rings is 1. The molecule has 1 heterocycles. The highest BCUT2D eigenvalue weighted by molar-refractivity contribution is 5.75. The van der Waals surface area contributed by atoms with Crippen LogP contribution in [-0.2, 0) is 4.79 Å². The Morgan fingerprint density at radius 2 is 2.15 bits per heavy atom. The number of anilines is 1. The van der Waals surface area contributed by atoms with Gasteiger partial charge in [-0.3, -0.25) is 4.79 Å². The molecule has 1 aliphatic heterocycles. The highest BCUT2D eigenvalue weighted by Gasteiger charge is 2.31. The van der Waals surface area contributed by atoms with E-state index < -0.39 is 12.3 Å². The Bertz CT molecular complexity index is 654. The Balaban J connectivity index is 1.89. The lowest BCUT2D eigenvalue weighted by Gasteiger charge is -2.22. The molecule has 1 aromatic carbocycles. The molecule has 26 heavy (non-hydrogen) atoms. The van der Waals surface area contributed by atoms with E-state index in [2.05, 4.69) is 10.1 Å². The predicted molar refractivity (Wildman–Crippen MR) is 87.2 cm³/mol. The molecule has 7 nitrogen and oxygen atoms in total. The summed E-state index contributed by atoms with van der Waals surface area (Å²) < 4.78 is 40.9. The number of hydrogen-bond donors (Lipinski definition) is 2. The Morgan fingerprint density at radius 1 is 1.42 bits per heavy atom. The third-order valence-electron chi connectivity index (χ3n) is 3.94. The highest BCUT2D eigenvalue weighted by Crippen LogP contribution is 2.28. The van der Waals surface area contributed by atoms with Crippen LogP contribution in [0.1, 0.15) is 12.8 Å². The largest absolute Gasteiger partial charge is 0.573 e. The molecule has 0 aliphatic carbocycles. The topological polar surface area (TPSA) is 82.1 Å². The van der Waals surface area contributed by atoms with Crippen LogP contribution in [0.5, 0.6) is 5.75 Å². The van der Waals surface area contributed by atoms with Crippen LogP contribution in [0.2, 0.25) is 0 Å². The van der Waals surface area contributed by atoms with Crippen molar-refractivity contribution >= 4 is 17.7 Å². The molecule has 0 aromatic heterocycles. The summed E-state index contributed by atoms with van der Waals surface area (Å²) in [5.74, 6) is -1.28. The van der Waals surface area contributed by atoms with Gasteiger partial charge in [0.25, 0.3) is 0 Å². The number of halogens is 3. The third-order valence-corrected chi connectivity index (χ3v) is 3.94. The number of carbonyl (C=O) groups is 2. The third kappa shape index (κ3) is 6.01. The number of nitrogens with one attached hydrogen (secondary N) is 1. The molecule has 1 unspecified atom stereocenters. The minimum absolute atomic E-state index is 0.0917. The van der Waals surface area contributed by atoms with E-state index in [9.17, 15) is 22.8 Å². The second kappa shape index (κ2) is 8.15. The van der Waals surface area contributed by atoms with Crippen LogP contribution in [0, 0.1) is 0 Å². The highest BCUT2D eigenvalue weighted by atomic mass is 19.4. The van der Waals surface area contributed by atoms with E-state index in [1.165, 1.54) is 30.1 Å². The standard InChI is InChI=1S/C16H20F3N3O4/c1-21(7-6-14(23)24)15(25)20-11-5-8-22(10-11)12-3-2-4-13(9-12)26-16(17,18)19/h2-4,9,11H,5-8,10H2,1H3,(H,20,25)(H,23,24). The molecule has 1 aliphatic rings. The number of carboxylic acids is 1. The van der Waals surface area contributed by atoms with Crippen molar-refractivity contribution in [1.29, 1.82) is 0 Å². The van der Waals surface area contributed by atoms with E-state index >= 15 is 0 Å². The molecule has 0 saturated carbocycles. The monoisotopic (exact) mass is 375 g/mol. The van der Waals surface area contributed by atoms with Crippen molar-refractivity contribution in [3.8, 4) is 5.75 Å². The molecule has 0 radical (unpaired) electrons. The lowest BCUT2D eigenvalue weighted by atomic mass is 10.2. The van der Waals surface area contributed by atoms with Gasteiger partial charge in [-0.2, -0.15) is 0 Å². The summed E-state index contributed by atoms with van der Waals surface area (Å²) in [5, 5.41) is 11.4. The van der Waals surface area contributed by atoms with Gasteiger partial charge >= 0.3 is 18.4 Å². The average Bonchev–Trinajstić information content (AvgIpc) is 2.99.